The van der Waals surface area contributed by atoms with Gasteiger partial charge >= 0.3 is 17.9 Å². The van der Waals surface area contributed by atoms with Crippen molar-refractivity contribution in [3.05, 3.63) is 146 Å². The van der Waals surface area contributed by atoms with Crippen molar-refractivity contribution < 1.29 is 28.6 Å². The first-order valence-corrected chi connectivity index (χ1v) is 24.9. The molecule has 0 fully saturated rings. The Morgan fingerprint density at radius 2 is 0.672 bits per heavy atom. The Labute approximate surface area is 391 Å². The van der Waals surface area contributed by atoms with E-state index in [2.05, 4.69) is 148 Å². The summed E-state index contributed by atoms with van der Waals surface area (Å²) in [5.41, 5.74) is 0. The highest BCUT2D eigenvalue weighted by molar-refractivity contribution is 5.71. The van der Waals surface area contributed by atoms with Crippen LogP contribution in [-0.4, -0.2) is 37.2 Å². The molecule has 0 amide bonds. The van der Waals surface area contributed by atoms with E-state index in [9.17, 15) is 14.4 Å². The number of allylic oxidation sites excluding steroid dienone is 24. The van der Waals surface area contributed by atoms with Gasteiger partial charge in [0.1, 0.15) is 13.2 Å². The second-order valence-electron chi connectivity index (χ2n) is 15.6. The van der Waals surface area contributed by atoms with E-state index in [1.54, 1.807) is 0 Å². The molecule has 356 valence electrons. The van der Waals surface area contributed by atoms with E-state index in [4.69, 9.17) is 14.2 Å². The van der Waals surface area contributed by atoms with Gasteiger partial charge in [-0.2, -0.15) is 0 Å². The summed E-state index contributed by atoms with van der Waals surface area (Å²) in [4.78, 5) is 37.9. The minimum absolute atomic E-state index is 0.128. The number of esters is 3. The molecule has 0 rings (SSSR count). The summed E-state index contributed by atoms with van der Waals surface area (Å²) in [6.45, 7) is 6.14. The maximum atomic E-state index is 12.8. The van der Waals surface area contributed by atoms with Crippen LogP contribution in [0.3, 0.4) is 0 Å². The van der Waals surface area contributed by atoms with Crippen molar-refractivity contribution in [3.63, 3.8) is 0 Å². The smallest absolute Gasteiger partial charge is 0.306 e. The number of hydrogen-bond acceptors (Lipinski definition) is 6. The zero-order valence-corrected chi connectivity index (χ0v) is 40.5. The molecule has 0 bridgehead atoms. The van der Waals surface area contributed by atoms with E-state index < -0.39 is 6.10 Å². The summed E-state index contributed by atoms with van der Waals surface area (Å²) in [5, 5.41) is 0. The van der Waals surface area contributed by atoms with Crippen molar-refractivity contribution in [2.45, 2.75) is 187 Å². The molecule has 0 aromatic carbocycles. The van der Waals surface area contributed by atoms with Crippen molar-refractivity contribution >= 4 is 17.9 Å². The van der Waals surface area contributed by atoms with Gasteiger partial charge in [-0.1, -0.05) is 199 Å². The maximum Gasteiger partial charge on any atom is 0.306 e. The van der Waals surface area contributed by atoms with Crippen LogP contribution in [0.1, 0.15) is 181 Å². The summed E-state index contributed by atoms with van der Waals surface area (Å²) in [5.74, 6) is -1.07. The maximum absolute atomic E-state index is 12.8. The standard InChI is InChI=1S/C58H88O6/c1-4-7-10-13-16-19-22-25-27-28-29-30-31-34-36-39-42-45-48-51-57(60)63-54-55(53-62-56(59)50-47-44-41-38-35-32-24-21-18-15-12-9-6-3)64-58(61)52-49-46-43-40-37-33-26-23-20-17-14-11-8-5-2/h7-12,15-21,24-27,29-30,33-34,36,42,45,55H,4-6,13-14,22-23,28,31-32,35,37-41,43-44,46-54H2,1-3H3/b10-7+,11-8+,12-9+,18-15+,19-16+,20-17+,24-21+,27-25+,30-29+,33-26+,36-34+,45-42+. The lowest BCUT2D eigenvalue weighted by Crippen LogP contribution is -2.30. The SMILES string of the molecule is CC/C=C/C=C/C=C/CCCCCCCC(=O)OCC(COC(=O)CC/C=C/C/C=C/C/C=C/C/C=C/C/C=C/C/C=C/CC)OC(=O)CCCCCC/C=C/C/C=C/C/C=C/CC. The Morgan fingerprint density at radius 3 is 1.14 bits per heavy atom. The van der Waals surface area contributed by atoms with Crippen molar-refractivity contribution in [1.82, 2.24) is 0 Å². The van der Waals surface area contributed by atoms with Gasteiger partial charge in [0.2, 0.25) is 0 Å². The van der Waals surface area contributed by atoms with Crippen LogP contribution in [0.25, 0.3) is 0 Å². The topological polar surface area (TPSA) is 78.9 Å². The highest BCUT2D eigenvalue weighted by Gasteiger charge is 2.19. The summed E-state index contributed by atoms with van der Waals surface area (Å²) in [7, 11) is 0. The minimum atomic E-state index is -0.835. The number of ether oxygens (including phenoxy) is 3. The third-order valence-corrected chi connectivity index (χ3v) is 9.64. The molecule has 0 aliphatic heterocycles. The van der Waals surface area contributed by atoms with Crippen LogP contribution < -0.4 is 0 Å². The van der Waals surface area contributed by atoms with Gasteiger partial charge in [0.15, 0.2) is 6.10 Å². The van der Waals surface area contributed by atoms with Crippen LogP contribution in [0.2, 0.25) is 0 Å². The second kappa shape index (κ2) is 50.9. The molecule has 0 aliphatic rings. The van der Waals surface area contributed by atoms with Crippen LogP contribution in [0.5, 0.6) is 0 Å². The van der Waals surface area contributed by atoms with E-state index >= 15 is 0 Å². The molecule has 0 saturated carbocycles. The second-order valence-corrected chi connectivity index (χ2v) is 15.6. The first kappa shape index (κ1) is 59.3. The number of hydrogen-bond donors (Lipinski definition) is 0. The molecule has 0 N–H and O–H groups in total. The fourth-order valence-corrected chi connectivity index (χ4v) is 6.01. The largest absolute Gasteiger partial charge is 0.462 e. The molecule has 0 radical (unpaired) electrons. The predicted molar refractivity (Wildman–Crippen MR) is 274 cm³/mol. The van der Waals surface area contributed by atoms with E-state index in [0.717, 1.165) is 135 Å². The molecule has 6 heteroatoms. The molecule has 0 saturated heterocycles. The van der Waals surface area contributed by atoms with E-state index in [1.165, 1.54) is 0 Å². The third-order valence-electron chi connectivity index (χ3n) is 9.64. The average molecular weight is 881 g/mol. The Hall–Kier alpha value is -4.71. The molecule has 6 nitrogen and oxygen atoms in total. The molecule has 1 atom stereocenters. The van der Waals surface area contributed by atoms with Gasteiger partial charge in [-0.3, -0.25) is 14.4 Å². The van der Waals surface area contributed by atoms with Gasteiger partial charge in [-0.15, -0.1) is 0 Å². The first-order valence-electron chi connectivity index (χ1n) is 24.9. The predicted octanol–water partition coefficient (Wildman–Crippen LogP) is 16.5. The van der Waals surface area contributed by atoms with Crippen molar-refractivity contribution in [1.29, 1.82) is 0 Å². The Morgan fingerprint density at radius 1 is 0.328 bits per heavy atom. The normalized spacial score (nSPS) is 13.4. The van der Waals surface area contributed by atoms with Gasteiger partial charge in [0.25, 0.3) is 0 Å². The van der Waals surface area contributed by atoms with Crippen LogP contribution in [0.15, 0.2) is 146 Å². The van der Waals surface area contributed by atoms with Gasteiger partial charge in [0.05, 0.1) is 0 Å². The summed E-state index contributed by atoms with van der Waals surface area (Å²) in [6, 6.07) is 0. The van der Waals surface area contributed by atoms with E-state index in [-0.39, 0.29) is 44.0 Å². The first-order chi connectivity index (χ1) is 31.5. The van der Waals surface area contributed by atoms with Crippen LogP contribution in [0.4, 0.5) is 0 Å². The fraction of sp³-hybridized carbons (Fsp3) is 0.534. The summed E-state index contributed by atoms with van der Waals surface area (Å²) >= 11 is 0. The molecule has 0 heterocycles. The molecule has 0 aromatic heterocycles. The Bertz CT molecular complexity index is 1480. The Balaban J connectivity index is 4.59. The summed E-state index contributed by atoms with van der Waals surface area (Å²) in [6.07, 6.45) is 72.7. The van der Waals surface area contributed by atoms with Crippen LogP contribution in [-0.2, 0) is 28.6 Å². The number of carbonyl (C=O) groups excluding carboxylic acids is 3. The van der Waals surface area contributed by atoms with Crippen LogP contribution >= 0.6 is 0 Å². The molecule has 0 aromatic rings. The molecule has 0 spiro atoms. The molecule has 1 unspecified atom stereocenters. The molecular weight excluding hydrogens is 793 g/mol. The number of rotatable bonds is 42. The zero-order chi connectivity index (χ0) is 46.5. The van der Waals surface area contributed by atoms with E-state index in [1.807, 2.05) is 18.2 Å². The lowest BCUT2D eigenvalue weighted by Gasteiger charge is -2.18. The lowest BCUT2D eigenvalue weighted by atomic mass is 10.1. The average Bonchev–Trinajstić information content (AvgIpc) is 3.29. The third kappa shape index (κ3) is 48.3. The monoisotopic (exact) mass is 881 g/mol. The van der Waals surface area contributed by atoms with Crippen LogP contribution in [0, 0.1) is 0 Å². The van der Waals surface area contributed by atoms with Crippen molar-refractivity contribution in [3.8, 4) is 0 Å². The zero-order valence-electron chi connectivity index (χ0n) is 40.5. The molecular formula is C58H88O6. The quantitative estimate of drug-likeness (QED) is 0.0200. The summed E-state index contributed by atoms with van der Waals surface area (Å²) < 4.78 is 16.7. The lowest BCUT2D eigenvalue weighted by molar-refractivity contribution is -0.166. The van der Waals surface area contributed by atoms with Gasteiger partial charge < -0.3 is 14.2 Å². The van der Waals surface area contributed by atoms with Crippen molar-refractivity contribution in [2.75, 3.05) is 13.2 Å². The van der Waals surface area contributed by atoms with Gasteiger partial charge in [-0.05, 0) is 109 Å². The minimum Gasteiger partial charge on any atom is -0.462 e. The highest BCUT2D eigenvalue weighted by atomic mass is 16.6. The molecule has 0 aliphatic carbocycles. The van der Waals surface area contributed by atoms with E-state index in [0.29, 0.717) is 12.8 Å². The highest BCUT2D eigenvalue weighted by Crippen LogP contribution is 2.11. The molecule has 64 heavy (non-hydrogen) atoms. The van der Waals surface area contributed by atoms with Gasteiger partial charge in [-0.25, -0.2) is 0 Å². The van der Waals surface area contributed by atoms with Crippen molar-refractivity contribution in [2.24, 2.45) is 0 Å². The number of unbranched alkanes of at least 4 members (excludes halogenated alkanes) is 9. The van der Waals surface area contributed by atoms with Gasteiger partial charge in [0, 0.05) is 19.3 Å². The fourth-order valence-electron chi connectivity index (χ4n) is 6.01. The number of carbonyl (C=O) groups is 3. The Kier molecular flexibility index (Phi) is 47.2.